The zero-order valence-electron chi connectivity index (χ0n) is 12.2. The van der Waals surface area contributed by atoms with E-state index in [1.807, 2.05) is 0 Å². The zero-order chi connectivity index (χ0) is 17.9. The molecule has 0 saturated carbocycles. The zero-order valence-corrected chi connectivity index (χ0v) is 12.2. The Hall–Kier alpha value is -3.83. The first kappa shape index (κ1) is 16.5. The van der Waals surface area contributed by atoms with Gasteiger partial charge < -0.3 is 15.8 Å². The highest BCUT2D eigenvalue weighted by Crippen LogP contribution is 2.33. The maximum absolute atomic E-state index is 10.4. The van der Waals surface area contributed by atoms with Crippen molar-refractivity contribution in [3.63, 3.8) is 0 Å². The van der Waals surface area contributed by atoms with Crippen molar-refractivity contribution in [2.45, 2.75) is 6.92 Å². The van der Waals surface area contributed by atoms with E-state index >= 15 is 0 Å². The number of aryl methyl sites for hydroxylation is 1. The Morgan fingerprint density at radius 3 is 2.46 bits per heavy atom. The van der Waals surface area contributed by atoms with Gasteiger partial charge >= 0.3 is 5.69 Å². The van der Waals surface area contributed by atoms with Crippen LogP contribution < -0.4 is 5.73 Å². The lowest BCUT2D eigenvalue weighted by molar-refractivity contribution is -0.394. The summed E-state index contributed by atoms with van der Waals surface area (Å²) in [6.07, 6.45) is 2.94. The Morgan fingerprint density at radius 2 is 1.88 bits per heavy atom. The first-order chi connectivity index (χ1) is 11.3. The summed E-state index contributed by atoms with van der Waals surface area (Å²) in [7, 11) is 0. The third kappa shape index (κ3) is 3.32. The molecule has 0 saturated heterocycles. The van der Waals surface area contributed by atoms with Crippen molar-refractivity contribution in [3.05, 3.63) is 50.6 Å². The van der Waals surface area contributed by atoms with E-state index in [0.717, 1.165) is 12.1 Å². The summed E-state index contributed by atoms with van der Waals surface area (Å²) in [5.41, 5.74) is 5.80. The van der Waals surface area contributed by atoms with Gasteiger partial charge in [0.15, 0.2) is 17.2 Å². The molecule has 0 bridgehead atoms. The van der Waals surface area contributed by atoms with Crippen LogP contribution in [0.25, 0.3) is 11.2 Å². The SMILES string of the molecule is Cc1cc([N+](=O)[O-])cc([N+](=O)[O-])c1O.Nc1ncnc2[nH]cnc12. The number of aromatic nitrogens is 4. The predicted molar refractivity (Wildman–Crippen MR) is 82.2 cm³/mol. The summed E-state index contributed by atoms with van der Waals surface area (Å²) in [6.45, 7) is 1.36. The Bertz CT molecular complexity index is 923. The van der Waals surface area contributed by atoms with E-state index in [-0.39, 0.29) is 5.56 Å². The van der Waals surface area contributed by atoms with Gasteiger partial charge in [-0.2, -0.15) is 0 Å². The minimum Gasteiger partial charge on any atom is -0.502 e. The molecule has 0 spiro atoms. The number of anilines is 1. The summed E-state index contributed by atoms with van der Waals surface area (Å²) in [4.78, 5) is 33.5. The Kier molecular flexibility index (Phi) is 4.49. The number of hydrogen-bond donors (Lipinski definition) is 3. The van der Waals surface area contributed by atoms with Crippen molar-refractivity contribution in [2.24, 2.45) is 0 Å². The first-order valence-electron chi connectivity index (χ1n) is 6.33. The fraction of sp³-hybridized carbons (Fsp3) is 0.0833. The molecule has 0 aliphatic heterocycles. The van der Waals surface area contributed by atoms with Gasteiger partial charge in [0.05, 0.1) is 22.2 Å². The molecular formula is C12H11N7O5. The van der Waals surface area contributed by atoms with Crippen LogP contribution in [0.4, 0.5) is 17.2 Å². The molecule has 4 N–H and O–H groups in total. The van der Waals surface area contributed by atoms with E-state index in [0.29, 0.717) is 17.0 Å². The molecule has 12 heteroatoms. The number of nitrogen functional groups attached to an aromatic ring is 1. The lowest BCUT2D eigenvalue weighted by atomic mass is 10.1. The van der Waals surface area contributed by atoms with Gasteiger partial charge in [-0.05, 0) is 6.92 Å². The second-order valence-electron chi connectivity index (χ2n) is 4.50. The van der Waals surface area contributed by atoms with E-state index in [1.165, 1.54) is 19.6 Å². The number of non-ortho nitro benzene ring substituents is 1. The molecule has 124 valence electrons. The number of fused-ring (bicyclic) bond motifs is 1. The number of aromatic amines is 1. The van der Waals surface area contributed by atoms with Crippen LogP contribution in [0.3, 0.4) is 0 Å². The number of nitrogens with one attached hydrogen (secondary N) is 1. The van der Waals surface area contributed by atoms with Gasteiger partial charge in [0.1, 0.15) is 11.8 Å². The topological polar surface area (TPSA) is 187 Å². The van der Waals surface area contributed by atoms with Crippen LogP contribution in [0.15, 0.2) is 24.8 Å². The number of nitro benzene ring substituents is 2. The summed E-state index contributed by atoms with van der Waals surface area (Å²) < 4.78 is 0. The number of phenols is 1. The number of imidazole rings is 1. The maximum atomic E-state index is 10.4. The highest BCUT2D eigenvalue weighted by atomic mass is 16.6. The van der Waals surface area contributed by atoms with Crippen LogP contribution in [0.1, 0.15) is 5.56 Å². The minimum absolute atomic E-state index is 0.103. The fourth-order valence-corrected chi connectivity index (χ4v) is 1.77. The largest absolute Gasteiger partial charge is 0.502 e. The van der Waals surface area contributed by atoms with Crippen LogP contribution in [0.5, 0.6) is 5.75 Å². The summed E-state index contributed by atoms with van der Waals surface area (Å²) in [5.74, 6) is -0.133. The number of nitrogens with zero attached hydrogens (tertiary/aromatic N) is 5. The van der Waals surface area contributed by atoms with Gasteiger partial charge in [0.25, 0.3) is 5.69 Å². The maximum Gasteiger partial charge on any atom is 0.317 e. The van der Waals surface area contributed by atoms with E-state index in [9.17, 15) is 25.3 Å². The van der Waals surface area contributed by atoms with Crippen LogP contribution >= 0.6 is 0 Å². The van der Waals surface area contributed by atoms with E-state index in [1.54, 1.807) is 0 Å². The third-order valence-electron chi connectivity index (χ3n) is 2.92. The second-order valence-corrected chi connectivity index (χ2v) is 4.50. The minimum atomic E-state index is -0.866. The number of hydrogen-bond acceptors (Lipinski definition) is 9. The summed E-state index contributed by atoms with van der Waals surface area (Å²) >= 11 is 0. The van der Waals surface area contributed by atoms with Crippen molar-refractivity contribution >= 4 is 28.4 Å². The average molecular weight is 333 g/mol. The first-order valence-corrected chi connectivity index (χ1v) is 6.33. The van der Waals surface area contributed by atoms with Crippen molar-refractivity contribution in [1.82, 2.24) is 19.9 Å². The van der Waals surface area contributed by atoms with Gasteiger partial charge in [0.2, 0.25) is 0 Å². The Labute approximate surface area is 133 Å². The van der Waals surface area contributed by atoms with Crippen LogP contribution in [-0.4, -0.2) is 34.9 Å². The summed E-state index contributed by atoms with van der Waals surface area (Å²) in [5, 5.41) is 29.9. The fourth-order valence-electron chi connectivity index (χ4n) is 1.77. The van der Waals surface area contributed by atoms with Gasteiger partial charge in [-0.3, -0.25) is 20.2 Å². The van der Waals surface area contributed by atoms with Crippen molar-refractivity contribution in [1.29, 1.82) is 0 Å². The molecule has 2 aromatic heterocycles. The van der Waals surface area contributed by atoms with E-state index in [4.69, 9.17) is 5.73 Å². The molecule has 0 amide bonds. The lowest BCUT2D eigenvalue weighted by Gasteiger charge is -1.99. The van der Waals surface area contributed by atoms with Crippen LogP contribution in [0, 0.1) is 27.2 Å². The Morgan fingerprint density at radius 1 is 1.17 bits per heavy atom. The van der Waals surface area contributed by atoms with E-state index in [2.05, 4.69) is 19.9 Å². The van der Waals surface area contributed by atoms with Crippen molar-refractivity contribution < 1.29 is 15.0 Å². The molecule has 3 aromatic rings. The molecular weight excluding hydrogens is 322 g/mol. The number of phenolic OH excluding ortho intramolecular Hbond substituents is 1. The molecule has 3 rings (SSSR count). The summed E-state index contributed by atoms with van der Waals surface area (Å²) in [6, 6.07) is 1.80. The van der Waals surface area contributed by atoms with Gasteiger partial charge in [-0.25, -0.2) is 15.0 Å². The molecule has 0 aliphatic rings. The normalized spacial score (nSPS) is 10.0. The van der Waals surface area contributed by atoms with Crippen molar-refractivity contribution in [3.8, 4) is 5.75 Å². The van der Waals surface area contributed by atoms with Gasteiger partial charge in [-0.1, -0.05) is 0 Å². The quantitative estimate of drug-likeness (QED) is 0.460. The Balaban J connectivity index is 0.000000182. The van der Waals surface area contributed by atoms with Crippen LogP contribution in [-0.2, 0) is 0 Å². The third-order valence-corrected chi connectivity index (χ3v) is 2.92. The van der Waals surface area contributed by atoms with Gasteiger partial charge in [-0.15, -0.1) is 0 Å². The van der Waals surface area contributed by atoms with Gasteiger partial charge in [0, 0.05) is 11.6 Å². The molecule has 0 fully saturated rings. The molecule has 24 heavy (non-hydrogen) atoms. The monoisotopic (exact) mass is 333 g/mol. The number of H-pyrrole nitrogens is 1. The average Bonchev–Trinajstić information content (AvgIpc) is 3.00. The second kappa shape index (κ2) is 6.51. The number of rotatable bonds is 2. The number of nitrogens with two attached hydrogens (primary N) is 1. The molecule has 1 aromatic carbocycles. The molecule has 0 radical (unpaired) electrons. The highest BCUT2D eigenvalue weighted by molar-refractivity contribution is 5.80. The van der Waals surface area contributed by atoms with E-state index < -0.39 is 27.0 Å². The standard InChI is InChI=1S/C7H6N2O5.C5H5N5/c1-4-2-5(8(11)12)3-6(7(4)10)9(13)14;6-4-3-5(9-1-7-3)10-2-8-4/h2-3,10H,1H3;1-2H,(H3,6,7,8,9,10). The number of nitro groups is 2. The van der Waals surface area contributed by atoms with Crippen molar-refractivity contribution in [2.75, 3.05) is 5.73 Å². The molecule has 12 nitrogen and oxygen atoms in total. The highest BCUT2D eigenvalue weighted by Gasteiger charge is 2.21. The van der Waals surface area contributed by atoms with Crippen LogP contribution in [0.2, 0.25) is 0 Å². The molecule has 0 atom stereocenters. The molecule has 0 unspecified atom stereocenters. The lowest BCUT2D eigenvalue weighted by Crippen LogP contribution is -1.94. The number of aromatic hydroxyl groups is 1. The number of benzene rings is 1. The smallest absolute Gasteiger partial charge is 0.317 e. The molecule has 2 heterocycles. The predicted octanol–water partition coefficient (Wildman–Crippen LogP) is 1.45. The molecule has 0 aliphatic carbocycles.